The van der Waals surface area contributed by atoms with Crippen LogP contribution in [0.25, 0.3) is 33.3 Å². The molecule has 0 bridgehead atoms. The Bertz CT molecular complexity index is 1620. The number of aryl methyl sites for hydroxylation is 1. The van der Waals surface area contributed by atoms with Gasteiger partial charge in [-0.1, -0.05) is 72.8 Å². The molecule has 7 heteroatoms. The van der Waals surface area contributed by atoms with Gasteiger partial charge in [0.2, 0.25) is 0 Å². The number of carboxylic acid groups (broad SMARTS) is 1. The standard InChI is InChI=1S/C34H33FN2O3.ClH/c1-2-40-20-19-37-31-14-7-6-13-29(31)33(34(37)26-10-4-3-5-11-26)27-12-8-9-24(21-27)23-36-28-17-15-25(30(35)22-28)16-18-32(38)39;/h3-15,17,21-22,36H,2,16,18-20,23H2,1H3,(H,38,39);1H. The van der Waals surface area contributed by atoms with Gasteiger partial charge in [0.25, 0.3) is 0 Å². The normalized spacial score (nSPS) is 10.9. The highest BCUT2D eigenvalue weighted by Crippen LogP contribution is 2.41. The molecule has 0 fully saturated rings. The first-order chi connectivity index (χ1) is 19.5. The number of nitrogens with one attached hydrogen (secondary N) is 1. The van der Waals surface area contributed by atoms with E-state index in [-0.39, 0.29) is 25.2 Å². The summed E-state index contributed by atoms with van der Waals surface area (Å²) in [5.74, 6) is -1.33. The number of ether oxygens (including phenoxy) is 1. The van der Waals surface area contributed by atoms with Gasteiger partial charge in [0, 0.05) is 48.3 Å². The molecule has 0 aliphatic rings. The van der Waals surface area contributed by atoms with E-state index in [1.807, 2.05) is 13.0 Å². The SMILES string of the molecule is CCOCCn1c(-c2ccccc2)c(-c2cccc(CNc3ccc(CCC(=O)O)c(F)c3)c2)c2ccccc21.Cl. The lowest BCUT2D eigenvalue weighted by atomic mass is 9.97. The van der Waals surface area contributed by atoms with Gasteiger partial charge in [0.1, 0.15) is 5.82 Å². The predicted octanol–water partition coefficient (Wildman–Crippen LogP) is 8.20. The van der Waals surface area contributed by atoms with Gasteiger partial charge in [-0.25, -0.2) is 4.39 Å². The molecule has 1 heterocycles. The maximum Gasteiger partial charge on any atom is 0.303 e. The van der Waals surface area contributed by atoms with E-state index >= 15 is 0 Å². The summed E-state index contributed by atoms with van der Waals surface area (Å²) in [4.78, 5) is 10.8. The molecule has 5 nitrogen and oxygen atoms in total. The molecule has 0 aliphatic heterocycles. The van der Waals surface area contributed by atoms with Crippen LogP contribution in [0.2, 0.25) is 0 Å². The van der Waals surface area contributed by atoms with Crippen LogP contribution in [0.1, 0.15) is 24.5 Å². The van der Waals surface area contributed by atoms with Crippen molar-refractivity contribution in [1.29, 1.82) is 0 Å². The van der Waals surface area contributed by atoms with Crippen LogP contribution in [0.5, 0.6) is 0 Å². The van der Waals surface area contributed by atoms with E-state index in [0.29, 0.717) is 31.0 Å². The molecule has 0 amide bonds. The van der Waals surface area contributed by atoms with Crippen molar-refractivity contribution >= 4 is 35.0 Å². The van der Waals surface area contributed by atoms with Gasteiger partial charge in [-0.2, -0.15) is 0 Å². The molecule has 0 aliphatic carbocycles. The molecule has 4 aromatic carbocycles. The van der Waals surface area contributed by atoms with Gasteiger partial charge in [-0.3, -0.25) is 4.79 Å². The Kier molecular flexibility index (Phi) is 10.2. The molecule has 41 heavy (non-hydrogen) atoms. The van der Waals surface area contributed by atoms with E-state index in [4.69, 9.17) is 9.84 Å². The van der Waals surface area contributed by atoms with Crippen LogP contribution in [-0.2, 0) is 29.0 Å². The Hall–Kier alpha value is -4.13. The van der Waals surface area contributed by atoms with Gasteiger partial charge < -0.3 is 19.7 Å². The Morgan fingerprint density at radius 2 is 1.68 bits per heavy atom. The van der Waals surface area contributed by atoms with Gasteiger partial charge in [-0.05, 0) is 59.9 Å². The maximum atomic E-state index is 14.5. The lowest BCUT2D eigenvalue weighted by Gasteiger charge is -2.14. The van der Waals surface area contributed by atoms with Gasteiger partial charge in [0.05, 0.1) is 12.3 Å². The Balaban J connectivity index is 0.00000387. The number of rotatable bonds is 12. The number of hydrogen-bond acceptors (Lipinski definition) is 3. The lowest BCUT2D eigenvalue weighted by Crippen LogP contribution is -2.07. The number of aliphatic carboxylic acids is 1. The fraction of sp³-hybridized carbons (Fsp3) is 0.206. The minimum absolute atomic E-state index is 0. The van der Waals surface area contributed by atoms with E-state index in [9.17, 15) is 9.18 Å². The molecule has 0 spiro atoms. The number of anilines is 1. The van der Waals surface area contributed by atoms with Gasteiger partial charge in [0.15, 0.2) is 0 Å². The zero-order valence-electron chi connectivity index (χ0n) is 23.0. The minimum Gasteiger partial charge on any atom is -0.481 e. The average Bonchev–Trinajstić information content (AvgIpc) is 3.30. The summed E-state index contributed by atoms with van der Waals surface area (Å²) in [5, 5.41) is 13.4. The van der Waals surface area contributed by atoms with Crippen LogP contribution in [0.15, 0.2) is 97.1 Å². The molecule has 0 unspecified atom stereocenters. The summed E-state index contributed by atoms with van der Waals surface area (Å²) in [6.45, 7) is 4.58. The van der Waals surface area contributed by atoms with E-state index in [0.717, 1.165) is 34.4 Å². The van der Waals surface area contributed by atoms with Crippen LogP contribution < -0.4 is 5.32 Å². The van der Waals surface area contributed by atoms with E-state index in [2.05, 4.69) is 82.7 Å². The molecule has 5 rings (SSSR count). The van der Waals surface area contributed by atoms with E-state index in [1.165, 1.54) is 17.0 Å². The van der Waals surface area contributed by atoms with E-state index in [1.54, 1.807) is 12.1 Å². The zero-order valence-corrected chi connectivity index (χ0v) is 23.8. The first-order valence-corrected chi connectivity index (χ1v) is 13.6. The minimum atomic E-state index is -0.936. The number of aromatic nitrogens is 1. The Labute approximate surface area is 246 Å². The number of nitrogens with zero attached hydrogens (tertiary/aromatic N) is 1. The van der Waals surface area contributed by atoms with Gasteiger partial charge in [-0.15, -0.1) is 12.4 Å². The van der Waals surface area contributed by atoms with Crippen LogP contribution in [-0.4, -0.2) is 28.9 Å². The molecule has 0 radical (unpaired) electrons. The van der Waals surface area contributed by atoms with Crippen molar-refractivity contribution in [2.45, 2.75) is 32.9 Å². The van der Waals surface area contributed by atoms with Gasteiger partial charge >= 0.3 is 5.97 Å². The van der Waals surface area contributed by atoms with E-state index < -0.39 is 11.8 Å². The zero-order chi connectivity index (χ0) is 27.9. The van der Waals surface area contributed by atoms with Crippen molar-refractivity contribution in [3.05, 3.63) is 114 Å². The van der Waals surface area contributed by atoms with Crippen LogP contribution >= 0.6 is 12.4 Å². The number of fused-ring (bicyclic) bond motifs is 1. The van der Waals surface area contributed by atoms with Crippen molar-refractivity contribution < 1.29 is 19.0 Å². The summed E-state index contributed by atoms with van der Waals surface area (Å²) in [5.41, 5.74) is 7.88. The second-order valence-electron chi connectivity index (χ2n) is 9.71. The van der Waals surface area contributed by atoms with Crippen molar-refractivity contribution in [3.63, 3.8) is 0 Å². The largest absolute Gasteiger partial charge is 0.481 e. The third-order valence-electron chi connectivity index (χ3n) is 7.06. The molecule has 1 aromatic heterocycles. The molecular weight excluding hydrogens is 539 g/mol. The first-order valence-electron chi connectivity index (χ1n) is 13.6. The summed E-state index contributed by atoms with van der Waals surface area (Å²) in [6, 6.07) is 32.3. The number of para-hydroxylation sites is 1. The summed E-state index contributed by atoms with van der Waals surface area (Å²) < 4.78 is 22.6. The predicted molar refractivity (Wildman–Crippen MR) is 166 cm³/mol. The third-order valence-corrected chi connectivity index (χ3v) is 7.06. The molecular formula is C34H34ClFN2O3. The Morgan fingerprint density at radius 1 is 0.927 bits per heavy atom. The Morgan fingerprint density at radius 3 is 2.44 bits per heavy atom. The number of halogens is 2. The second kappa shape index (κ2) is 14.0. The summed E-state index contributed by atoms with van der Waals surface area (Å²) in [6.07, 6.45) is 0.0783. The van der Waals surface area contributed by atoms with Crippen molar-refractivity contribution in [3.8, 4) is 22.4 Å². The third kappa shape index (κ3) is 6.96. The summed E-state index contributed by atoms with van der Waals surface area (Å²) >= 11 is 0. The maximum absolute atomic E-state index is 14.5. The number of benzene rings is 4. The molecule has 0 saturated carbocycles. The van der Waals surface area contributed by atoms with Crippen molar-refractivity contribution in [1.82, 2.24) is 4.57 Å². The quantitative estimate of drug-likeness (QED) is 0.148. The van der Waals surface area contributed by atoms with Crippen molar-refractivity contribution in [2.75, 3.05) is 18.5 Å². The van der Waals surface area contributed by atoms with Crippen LogP contribution in [0.3, 0.4) is 0 Å². The summed E-state index contributed by atoms with van der Waals surface area (Å²) in [7, 11) is 0. The molecule has 5 aromatic rings. The second-order valence-corrected chi connectivity index (χ2v) is 9.71. The number of carboxylic acids is 1. The number of hydrogen-bond donors (Lipinski definition) is 2. The topological polar surface area (TPSA) is 63.5 Å². The first kappa shape index (κ1) is 29.8. The highest BCUT2D eigenvalue weighted by molar-refractivity contribution is 6.04. The number of carbonyl (C=O) groups is 1. The monoisotopic (exact) mass is 572 g/mol. The molecule has 2 N–H and O–H groups in total. The van der Waals surface area contributed by atoms with Crippen molar-refractivity contribution in [2.24, 2.45) is 0 Å². The highest BCUT2D eigenvalue weighted by Gasteiger charge is 2.20. The molecule has 0 atom stereocenters. The molecule has 0 saturated heterocycles. The fourth-order valence-electron chi connectivity index (χ4n) is 5.17. The lowest BCUT2D eigenvalue weighted by molar-refractivity contribution is -0.136. The molecule has 212 valence electrons. The average molecular weight is 573 g/mol. The highest BCUT2D eigenvalue weighted by atomic mass is 35.5. The fourth-order valence-corrected chi connectivity index (χ4v) is 5.17. The van der Waals surface area contributed by atoms with Crippen LogP contribution in [0, 0.1) is 5.82 Å². The van der Waals surface area contributed by atoms with Crippen LogP contribution in [0.4, 0.5) is 10.1 Å². The smallest absolute Gasteiger partial charge is 0.303 e.